The van der Waals surface area contributed by atoms with E-state index in [0.29, 0.717) is 34.9 Å². The normalized spacial score (nSPS) is 20.4. The molecule has 0 saturated heterocycles. The predicted molar refractivity (Wildman–Crippen MR) is 211 cm³/mol. The molecular weight excluding hydrogens is 962 g/mol. The zero-order chi connectivity index (χ0) is 40.8. The van der Waals surface area contributed by atoms with Crippen molar-refractivity contribution in [1.29, 1.82) is 0 Å². The van der Waals surface area contributed by atoms with Crippen molar-refractivity contribution in [2.75, 3.05) is 0 Å². The summed E-state index contributed by atoms with van der Waals surface area (Å²) in [4.78, 5) is 23.3. The zero-order valence-electron chi connectivity index (χ0n) is 28.8. The Bertz CT molecular complexity index is 2220. The number of halogens is 12. The molecule has 3 aliphatic heterocycles. The van der Waals surface area contributed by atoms with E-state index in [1.54, 1.807) is 29.2 Å². The number of fused-ring (bicyclic) bond motifs is 1. The summed E-state index contributed by atoms with van der Waals surface area (Å²) in [6.07, 6.45) is -10.4. The Morgan fingerprint density at radius 1 is 0.661 bits per heavy atom. The topological polar surface area (TPSA) is 63.5 Å². The number of nitrogens with zero attached hydrogens (tertiary/aromatic N) is 3. The zero-order valence-corrected chi connectivity index (χ0v) is 35.0. The number of hydrogen-bond acceptors (Lipinski definition) is 5. The molecule has 2 unspecified atom stereocenters. The lowest BCUT2D eigenvalue weighted by molar-refractivity contribution is -0.276. The molecule has 2 atom stereocenters. The van der Waals surface area contributed by atoms with E-state index in [1.165, 1.54) is 43.3 Å². The van der Waals surface area contributed by atoms with Gasteiger partial charge in [0.15, 0.2) is 0 Å². The number of benzene rings is 4. The molecule has 3 aliphatic rings. The van der Waals surface area contributed by atoms with Crippen LogP contribution in [0, 0.1) is 0 Å². The summed E-state index contributed by atoms with van der Waals surface area (Å²) >= 11 is 30.5. The van der Waals surface area contributed by atoms with Gasteiger partial charge in [0, 0.05) is 74.7 Å². The van der Waals surface area contributed by atoms with Crippen LogP contribution in [-0.2, 0) is 49.4 Å². The number of rotatable bonds is 6. The Kier molecular flexibility index (Phi) is 12.4. The molecule has 18 heteroatoms. The van der Waals surface area contributed by atoms with Crippen LogP contribution in [0.25, 0.3) is 0 Å². The van der Waals surface area contributed by atoms with E-state index in [9.17, 15) is 31.1 Å². The molecule has 0 radical (unpaired) electrons. The number of alkyl halides is 8. The van der Waals surface area contributed by atoms with Crippen LogP contribution in [-0.4, -0.2) is 34.6 Å². The highest BCUT2D eigenvalue weighted by molar-refractivity contribution is 9.09. The van der Waals surface area contributed by atoms with E-state index >= 15 is 0 Å². The Morgan fingerprint density at radius 3 is 1.52 bits per heavy atom. The first kappa shape index (κ1) is 42.6. The van der Waals surface area contributed by atoms with Crippen LogP contribution in [0.3, 0.4) is 0 Å². The fourth-order valence-corrected chi connectivity index (χ4v) is 8.67. The lowest BCUT2D eigenvalue weighted by atomic mass is 9.86. The largest absolute Gasteiger partial charge is 0.435 e. The molecule has 0 N–H and O–H groups in total. The van der Waals surface area contributed by atoms with Gasteiger partial charge < -0.3 is 14.6 Å². The van der Waals surface area contributed by atoms with Gasteiger partial charge in [-0.15, -0.1) is 0 Å². The Balaban J connectivity index is 0.000000190. The molecule has 0 saturated carbocycles. The number of hydrogen-bond donors (Lipinski definition) is 0. The van der Waals surface area contributed by atoms with E-state index in [4.69, 9.17) is 56.1 Å². The third-order valence-corrected chi connectivity index (χ3v) is 11.6. The van der Waals surface area contributed by atoms with E-state index in [-0.39, 0.29) is 48.5 Å². The maximum Gasteiger partial charge on any atom is 0.435 e. The van der Waals surface area contributed by atoms with Crippen LogP contribution in [0.15, 0.2) is 83.1 Å². The molecule has 0 bridgehead atoms. The average molecular weight is 989 g/mol. The molecule has 1 amide bonds. The minimum Gasteiger partial charge on any atom is -0.374 e. The molecule has 296 valence electrons. The summed E-state index contributed by atoms with van der Waals surface area (Å²) < 4.78 is 84.3. The van der Waals surface area contributed by atoms with E-state index in [2.05, 4.69) is 42.2 Å². The first-order valence-corrected chi connectivity index (χ1v) is 20.2. The third kappa shape index (κ3) is 8.42. The molecule has 56 heavy (non-hydrogen) atoms. The molecular formula is C38H27Br2Cl4F6N3O3. The van der Waals surface area contributed by atoms with Crippen LogP contribution in [0.5, 0.6) is 0 Å². The van der Waals surface area contributed by atoms with Gasteiger partial charge in [0.05, 0.1) is 11.4 Å². The number of oxime groups is 2. The van der Waals surface area contributed by atoms with Crippen molar-refractivity contribution in [3.8, 4) is 0 Å². The van der Waals surface area contributed by atoms with Crippen molar-refractivity contribution >= 4 is 95.6 Å². The summed E-state index contributed by atoms with van der Waals surface area (Å²) in [5.41, 5.74) is -0.338. The summed E-state index contributed by atoms with van der Waals surface area (Å²) in [5.74, 6) is -0.0572. The van der Waals surface area contributed by atoms with Crippen molar-refractivity contribution in [1.82, 2.24) is 4.90 Å². The maximum atomic E-state index is 14.1. The monoisotopic (exact) mass is 985 g/mol. The Morgan fingerprint density at radius 2 is 1.09 bits per heavy atom. The lowest BCUT2D eigenvalue weighted by Gasteiger charge is -2.29. The molecule has 3 heterocycles. The van der Waals surface area contributed by atoms with Crippen molar-refractivity contribution in [3.05, 3.63) is 137 Å². The molecule has 0 fully saturated rings. The molecule has 6 nitrogen and oxygen atoms in total. The van der Waals surface area contributed by atoms with Gasteiger partial charge in [-0.25, -0.2) is 0 Å². The van der Waals surface area contributed by atoms with Crippen molar-refractivity contribution in [2.24, 2.45) is 10.3 Å². The van der Waals surface area contributed by atoms with Gasteiger partial charge >= 0.3 is 12.4 Å². The Labute approximate surface area is 353 Å². The first-order chi connectivity index (χ1) is 26.3. The minimum atomic E-state index is -4.74. The Hall–Kier alpha value is -3.01. The second-order valence-corrected chi connectivity index (χ2v) is 16.1. The van der Waals surface area contributed by atoms with Gasteiger partial charge in [0.25, 0.3) is 11.2 Å². The van der Waals surface area contributed by atoms with Crippen LogP contribution in [0.1, 0.15) is 64.3 Å². The van der Waals surface area contributed by atoms with Crippen LogP contribution < -0.4 is 0 Å². The van der Waals surface area contributed by atoms with E-state index < -0.39 is 36.4 Å². The fourth-order valence-electron chi connectivity index (χ4n) is 6.55. The van der Waals surface area contributed by atoms with Gasteiger partial charge in [0.2, 0.25) is 5.91 Å². The number of carbonyl (C=O) groups excluding carboxylic acids is 1. The highest BCUT2D eigenvalue weighted by Crippen LogP contribution is 2.51. The predicted octanol–water partition coefficient (Wildman–Crippen LogP) is 12.8. The van der Waals surface area contributed by atoms with Crippen molar-refractivity contribution in [3.63, 3.8) is 0 Å². The van der Waals surface area contributed by atoms with Gasteiger partial charge in [-0.3, -0.25) is 4.79 Å². The summed E-state index contributed by atoms with van der Waals surface area (Å²) in [5, 5.41) is 9.12. The minimum absolute atomic E-state index is 0.0572. The second kappa shape index (κ2) is 16.3. The second-order valence-electron chi connectivity index (χ2n) is 13.2. The molecule has 4 aromatic carbocycles. The summed E-state index contributed by atoms with van der Waals surface area (Å²) in [7, 11) is 0. The van der Waals surface area contributed by atoms with Crippen LogP contribution in [0.2, 0.25) is 20.1 Å². The highest BCUT2D eigenvalue weighted by Gasteiger charge is 2.63. The molecule has 0 spiro atoms. The van der Waals surface area contributed by atoms with E-state index in [0.717, 1.165) is 22.3 Å². The fraction of sp³-hybridized carbons (Fsp3) is 0.289. The molecule has 4 aromatic rings. The standard InChI is InChI=1S/C20H15Cl2F3N2O2.C18H12Br2Cl2F3NO/c1-11(28)27-9-13-3-2-12(4-14(13)10-27)18-8-19(29-26-18,20(23,24)25)15-5-16(21)7-17(22)6-15;19-8-11-2-1-10(3-12(11)9-20)16-7-17(27-26-16,18(23,24)25)13-4-14(21)6-15(22)5-13/h2-7H,8-10H2,1H3;1-6H,7-9H2. The average Bonchev–Trinajstić information content (AvgIpc) is 3.88. The smallest absolute Gasteiger partial charge is 0.374 e. The number of carbonyl (C=O) groups is 1. The van der Waals surface area contributed by atoms with Gasteiger partial charge in [-0.2, -0.15) is 26.3 Å². The quantitative estimate of drug-likeness (QED) is 0.143. The number of amides is 1. The third-order valence-electron chi connectivity index (χ3n) is 9.56. The lowest BCUT2D eigenvalue weighted by Crippen LogP contribution is -2.42. The highest BCUT2D eigenvalue weighted by atomic mass is 79.9. The molecule has 0 aromatic heterocycles. The first-order valence-electron chi connectivity index (χ1n) is 16.5. The maximum absolute atomic E-state index is 14.1. The van der Waals surface area contributed by atoms with Crippen molar-refractivity contribution in [2.45, 2.75) is 67.1 Å². The van der Waals surface area contributed by atoms with E-state index in [1.807, 2.05) is 12.1 Å². The molecule has 7 rings (SSSR count). The summed E-state index contributed by atoms with van der Waals surface area (Å²) in [6, 6.07) is 18.2. The van der Waals surface area contributed by atoms with Gasteiger partial charge in [-0.1, -0.05) is 113 Å². The van der Waals surface area contributed by atoms with Crippen LogP contribution >= 0.6 is 78.3 Å². The van der Waals surface area contributed by atoms with Gasteiger partial charge in [0.1, 0.15) is 0 Å². The SMILES string of the molecule is CC(=O)N1Cc2ccc(C3=NOC(c4cc(Cl)cc(Cl)c4)(C(F)(F)F)C3)cc2C1.FC(F)(F)C1(c2cc(Cl)cc(Cl)c2)CC(c2ccc(CBr)c(CBr)c2)=NO1. The summed E-state index contributed by atoms with van der Waals surface area (Å²) in [6.45, 7) is 2.39. The van der Waals surface area contributed by atoms with Crippen LogP contribution in [0.4, 0.5) is 26.3 Å². The van der Waals surface area contributed by atoms with Crippen molar-refractivity contribution < 1.29 is 40.8 Å². The molecule has 0 aliphatic carbocycles. The van der Waals surface area contributed by atoms with Gasteiger partial charge in [-0.05, 0) is 81.9 Å².